The average molecular weight is 370 g/mol. The first-order valence-electron chi connectivity index (χ1n) is 9.07. The van der Waals surface area contributed by atoms with Crippen molar-refractivity contribution in [2.45, 2.75) is 46.1 Å². The van der Waals surface area contributed by atoms with E-state index in [2.05, 4.69) is 26.1 Å². The Morgan fingerprint density at radius 2 is 1.67 bits per heavy atom. The van der Waals surface area contributed by atoms with Gasteiger partial charge in [0, 0.05) is 32.1 Å². The second kappa shape index (κ2) is 8.80. The van der Waals surface area contributed by atoms with Gasteiger partial charge in [-0.15, -0.1) is 0 Å². The number of hydrogen-bond acceptors (Lipinski definition) is 2. The highest BCUT2D eigenvalue weighted by molar-refractivity contribution is 5.93. The number of para-hydroxylation sites is 1. The van der Waals surface area contributed by atoms with Crippen molar-refractivity contribution in [2.24, 2.45) is 0 Å². The standard InChI is InChI=1S/C22H27FN2O2/c1-16(26)25(20-8-6-5-7-19(20)22(2,3)4)14-13-21(27)24-15-17-9-11-18(23)12-10-17/h5-12H,13-15H2,1-4H3,(H,24,27). The van der Waals surface area contributed by atoms with Crippen LogP contribution in [-0.2, 0) is 21.5 Å². The fraction of sp³-hybridized carbons (Fsp3) is 0.364. The summed E-state index contributed by atoms with van der Waals surface area (Å²) in [5.74, 6) is -0.559. The minimum atomic E-state index is -0.306. The summed E-state index contributed by atoms with van der Waals surface area (Å²) in [4.78, 5) is 26.1. The normalized spacial score (nSPS) is 11.1. The molecular weight excluding hydrogens is 343 g/mol. The molecule has 0 bridgehead atoms. The summed E-state index contributed by atoms with van der Waals surface area (Å²) < 4.78 is 12.9. The molecule has 0 aliphatic heterocycles. The van der Waals surface area contributed by atoms with Crippen LogP contribution in [0, 0.1) is 5.82 Å². The second-order valence-corrected chi connectivity index (χ2v) is 7.59. The van der Waals surface area contributed by atoms with Crippen molar-refractivity contribution in [1.29, 1.82) is 0 Å². The molecule has 0 aliphatic carbocycles. The molecule has 0 heterocycles. The molecule has 2 rings (SSSR count). The minimum Gasteiger partial charge on any atom is -0.352 e. The van der Waals surface area contributed by atoms with E-state index in [9.17, 15) is 14.0 Å². The van der Waals surface area contributed by atoms with Crippen LogP contribution in [0.25, 0.3) is 0 Å². The number of carbonyl (C=O) groups is 2. The van der Waals surface area contributed by atoms with E-state index in [4.69, 9.17) is 0 Å². The molecule has 0 unspecified atom stereocenters. The molecule has 27 heavy (non-hydrogen) atoms. The van der Waals surface area contributed by atoms with Gasteiger partial charge in [0.2, 0.25) is 11.8 Å². The van der Waals surface area contributed by atoms with Gasteiger partial charge in [0.25, 0.3) is 0 Å². The zero-order valence-electron chi connectivity index (χ0n) is 16.4. The van der Waals surface area contributed by atoms with Gasteiger partial charge in [-0.05, 0) is 34.7 Å². The Hall–Kier alpha value is -2.69. The van der Waals surface area contributed by atoms with Crippen molar-refractivity contribution in [1.82, 2.24) is 5.32 Å². The SMILES string of the molecule is CC(=O)N(CCC(=O)NCc1ccc(F)cc1)c1ccccc1C(C)(C)C. The molecule has 2 aromatic carbocycles. The first kappa shape index (κ1) is 20.6. The van der Waals surface area contributed by atoms with Gasteiger partial charge >= 0.3 is 0 Å². The molecule has 0 atom stereocenters. The van der Waals surface area contributed by atoms with Crippen LogP contribution in [0.1, 0.15) is 45.2 Å². The van der Waals surface area contributed by atoms with Gasteiger partial charge in [-0.3, -0.25) is 9.59 Å². The molecule has 0 aliphatic rings. The average Bonchev–Trinajstić information content (AvgIpc) is 2.60. The van der Waals surface area contributed by atoms with Gasteiger partial charge in [-0.2, -0.15) is 0 Å². The highest BCUT2D eigenvalue weighted by Crippen LogP contribution is 2.32. The van der Waals surface area contributed by atoms with E-state index < -0.39 is 0 Å². The maximum atomic E-state index is 12.9. The molecule has 0 saturated carbocycles. The van der Waals surface area contributed by atoms with Crippen molar-refractivity contribution in [3.8, 4) is 0 Å². The zero-order valence-corrected chi connectivity index (χ0v) is 16.4. The van der Waals surface area contributed by atoms with Gasteiger partial charge < -0.3 is 10.2 Å². The van der Waals surface area contributed by atoms with Gasteiger partial charge in [0.15, 0.2) is 0 Å². The molecule has 2 aromatic rings. The Labute approximate surface area is 160 Å². The van der Waals surface area contributed by atoms with E-state index in [1.807, 2.05) is 24.3 Å². The fourth-order valence-electron chi connectivity index (χ4n) is 2.90. The zero-order chi connectivity index (χ0) is 20.0. The van der Waals surface area contributed by atoms with Crippen molar-refractivity contribution in [2.75, 3.05) is 11.4 Å². The molecule has 4 nitrogen and oxygen atoms in total. The number of carbonyl (C=O) groups excluding carboxylic acids is 2. The maximum absolute atomic E-state index is 12.9. The second-order valence-electron chi connectivity index (χ2n) is 7.59. The van der Waals surface area contributed by atoms with E-state index in [1.54, 1.807) is 17.0 Å². The quantitative estimate of drug-likeness (QED) is 0.829. The van der Waals surface area contributed by atoms with Gasteiger partial charge in [0.1, 0.15) is 5.82 Å². The van der Waals surface area contributed by atoms with Crippen LogP contribution in [-0.4, -0.2) is 18.4 Å². The lowest BCUT2D eigenvalue weighted by molar-refractivity contribution is -0.121. The summed E-state index contributed by atoms with van der Waals surface area (Å²) in [6.45, 7) is 8.43. The minimum absolute atomic E-state index is 0.0990. The molecular formula is C22H27FN2O2. The van der Waals surface area contributed by atoms with Crippen molar-refractivity contribution in [3.63, 3.8) is 0 Å². The maximum Gasteiger partial charge on any atom is 0.223 e. The van der Waals surface area contributed by atoms with E-state index in [0.717, 1.165) is 16.8 Å². The number of halogens is 1. The third-order valence-corrected chi connectivity index (χ3v) is 4.35. The van der Waals surface area contributed by atoms with E-state index in [-0.39, 0.29) is 29.5 Å². The molecule has 2 amide bonds. The highest BCUT2D eigenvalue weighted by Gasteiger charge is 2.23. The molecule has 0 fully saturated rings. The Morgan fingerprint density at radius 3 is 2.26 bits per heavy atom. The van der Waals surface area contributed by atoms with Crippen LogP contribution < -0.4 is 10.2 Å². The van der Waals surface area contributed by atoms with E-state index in [1.165, 1.54) is 19.1 Å². The third kappa shape index (κ3) is 5.91. The van der Waals surface area contributed by atoms with Crippen LogP contribution in [0.5, 0.6) is 0 Å². The largest absolute Gasteiger partial charge is 0.352 e. The van der Waals surface area contributed by atoms with Crippen LogP contribution >= 0.6 is 0 Å². The highest BCUT2D eigenvalue weighted by atomic mass is 19.1. The molecule has 1 N–H and O–H groups in total. The van der Waals surface area contributed by atoms with Crippen molar-refractivity contribution in [3.05, 3.63) is 65.5 Å². The molecule has 0 saturated heterocycles. The molecule has 5 heteroatoms. The van der Waals surface area contributed by atoms with Crippen LogP contribution in [0.4, 0.5) is 10.1 Å². The summed E-state index contributed by atoms with van der Waals surface area (Å²) in [7, 11) is 0. The Morgan fingerprint density at radius 1 is 1.04 bits per heavy atom. The van der Waals surface area contributed by atoms with Gasteiger partial charge in [0.05, 0.1) is 0 Å². The molecule has 144 valence electrons. The Kier molecular flexibility index (Phi) is 6.72. The van der Waals surface area contributed by atoms with E-state index in [0.29, 0.717) is 13.1 Å². The predicted octanol–water partition coefficient (Wildman–Crippen LogP) is 4.18. The number of anilines is 1. The van der Waals surface area contributed by atoms with Gasteiger partial charge in [-0.25, -0.2) is 4.39 Å². The van der Waals surface area contributed by atoms with Crippen molar-refractivity contribution >= 4 is 17.5 Å². The van der Waals surface area contributed by atoms with Crippen LogP contribution in [0.2, 0.25) is 0 Å². The number of amides is 2. The Balaban J connectivity index is 2.02. The number of hydrogen-bond donors (Lipinski definition) is 1. The summed E-state index contributed by atoms with van der Waals surface area (Å²) in [5, 5.41) is 2.81. The summed E-state index contributed by atoms with van der Waals surface area (Å²) in [6.07, 6.45) is 0.194. The summed E-state index contributed by atoms with van der Waals surface area (Å²) >= 11 is 0. The lowest BCUT2D eigenvalue weighted by Crippen LogP contribution is -2.35. The topological polar surface area (TPSA) is 49.4 Å². The predicted molar refractivity (Wildman–Crippen MR) is 106 cm³/mol. The van der Waals surface area contributed by atoms with E-state index >= 15 is 0 Å². The lowest BCUT2D eigenvalue weighted by atomic mass is 9.85. The summed E-state index contributed by atoms with van der Waals surface area (Å²) in [5.41, 5.74) is 2.61. The van der Waals surface area contributed by atoms with Gasteiger partial charge in [-0.1, -0.05) is 51.1 Å². The number of benzene rings is 2. The fourth-order valence-corrected chi connectivity index (χ4v) is 2.90. The number of nitrogens with one attached hydrogen (secondary N) is 1. The summed E-state index contributed by atoms with van der Waals surface area (Å²) in [6, 6.07) is 13.8. The first-order valence-corrected chi connectivity index (χ1v) is 9.07. The molecule has 0 radical (unpaired) electrons. The molecule has 0 spiro atoms. The lowest BCUT2D eigenvalue weighted by Gasteiger charge is -2.29. The number of rotatable bonds is 6. The smallest absolute Gasteiger partial charge is 0.223 e. The van der Waals surface area contributed by atoms with Crippen LogP contribution in [0.3, 0.4) is 0 Å². The molecule has 0 aromatic heterocycles. The third-order valence-electron chi connectivity index (χ3n) is 4.35. The monoisotopic (exact) mass is 370 g/mol. The Bertz CT molecular complexity index is 795. The van der Waals surface area contributed by atoms with Crippen LogP contribution in [0.15, 0.2) is 48.5 Å². The first-order chi connectivity index (χ1) is 12.7. The van der Waals surface area contributed by atoms with Crippen molar-refractivity contribution < 1.29 is 14.0 Å². The number of nitrogens with zero attached hydrogens (tertiary/aromatic N) is 1.